The van der Waals surface area contributed by atoms with E-state index in [1.54, 1.807) is 0 Å². The van der Waals surface area contributed by atoms with Gasteiger partial charge in [-0.25, -0.2) is 8.42 Å². The Morgan fingerprint density at radius 2 is 2.07 bits per heavy atom. The molecular formula is C9H7Cl2NO2S. The molecule has 0 unspecified atom stereocenters. The van der Waals surface area contributed by atoms with E-state index in [0.717, 1.165) is 0 Å². The third-order valence-corrected chi connectivity index (χ3v) is 3.67. The molecule has 1 rings (SSSR count). The average Bonchev–Trinajstić information content (AvgIpc) is 2.14. The molecule has 3 nitrogen and oxygen atoms in total. The van der Waals surface area contributed by atoms with Crippen molar-refractivity contribution < 1.29 is 8.42 Å². The van der Waals surface area contributed by atoms with Crippen LogP contribution in [0.4, 0.5) is 0 Å². The molecule has 80 valence electrons. The highest BCUT2D eigenvalue weighted by Crippen LogP contribution is 2.24. The maximum atomic E-state index is 11.6. The smallest absolute Gasteiger partial charge is 0.207 e. The van der Waals surface area contributed by atoms with E-state index >= 15 is 0 Å². The summed E-state index contributed by atoms with van der Waals surface area (Å²) in [4.78, 5) is -0.0381. The van der Waals surface area contributed by atoms with Crippen LogP contribution in [0.3, 0.4) is 0 Å². The first-order valence-electron chi connectivity index (χ1n) is 3.85. The molecule has 0 saturated heterocycles. The van der Waals surface area contributed by atoms with Gasteiger partial charge in [-0.15, -0.1) is 6.42 Å². The first kappa shape index (κ1) is 12.3. The van der Waals surface area contributed by atoms with Crippen LogP contribution < -0.4 is 4.72 Å². The van der Waals surface area contributed by atoms with Crippen molar-refractivity contribution in [1.82, 2.24) is 4.72 Å². The van der Waals surface area contributed by atoms with E-state index < -0.39 is 10.0 Å². The van der Waals surface area contributed by atoms with Crippen molar-refractivity contribution in [2.75, 3.05) is 6.54 Å². The molecule has 6 heteroatoms. The molecule has 0 aromatic heterocycles. The van der Waals surface area contributed by atoms with Crippen molar-refractivity contribution in [1.29, 1.82) is 0 Å². The van der Waals surface area contributed by atoms with Crippen LogP contribution in [0.15, 0.2) is 23.1 Å². The molecule has 0 aliphatic carbocycles. The van der Waals surface area contributed by atoms with Crippen molar-refractivity contribution in [3.05, 3.63) is 28.2 Å². The lowest BCUT2D eigenvalue weighted by molar-refractivity contribution is 0.586. The second kappa shape index (κ2) is 4.86. The van der Waals surface area contributed by atoms with Crippen molar-refractivity contribution in [3.63, 3.8) is 0 Å². The van der Waals surface area contributed by atoms with E-state index in [4.69, 9.17) is 29.6 Å². The predicted octanol–water partition coefficient (Wildman–Crippen LogP) is 1.90. The second-order valence-electron chi connectivity index (χ2n) is 2.60. The molecule has 0 atom stereocenters. The minimum Gasteiger partial charge on any atom is -0.207 e. The maximum Gasteiger partial charge on any atom is 0.242 e. The summed E-state index contributed by atoms with van der Waals surface area (Å²) >= 11 is 11.4. The molecule has 0 bridgehead atoms. The lowest BCUT2D eigenvalue weighted by Crippen LogP contribution is -2.24. The monoisotopic (exact) mass is 263 g/mol. The fraction of sp³-hybridized carbons (Fsp3) is 0.111. The number of sulfonamides is 1. The first-order valence-corrected chi connectivity index (χ1v) is 6.09. The van der Waals surface area contributed by atoms with Crippen LogP contribution in [-0.4, -0.2) is 15.0 Å². The number of hydrogen-bond donors (Lipinski definition) is 1. The van der Waals surface area contributed by atoms with E-state index in [1.165, 1.54) is 18.2 Å². The fourth-order valence-electron chi connectivity index (χ4n) is 0.908. The molecule has 0 saturated carbocycles. The van der Waals surface area contributed by atoms with Gasteiger partial charge >= 0.3 is 0 Å². The van der Waals surface area contributed by atoms with Crippen LogP contribution in [0.25, 0.3) is 0 Å². The van der Waals surface area contributed by atoms with Crippen LogP contribution >= 0.6 is 23.2 Å². The number of benzene rings is 1. The Balaban J connectivity index is 3.12. The van der Waals surface area contributed by atoms with E-state index in [2.05, 4.69) is 10.6 Å². The Morgan fingerprint density at radius 1 is 1.40 bits per heavy atom. The zero-order chi connectivity index (χ0) is 11.5. The minimum atomic E-state index is -3.65. The first-order chi connectivity index (χ1) is 6.97. The number of halogens is 2. The van der Waals surface area contributed by atoms with E-state index in [9.17, 15) is 8.42 Å². The fourth-order valence-corrected chi connectivity index (χ4v) is 2.61. The van der Waals surface area contributed by atoms with Crippen molar-refractivity contribution in [2.45, 2.75) is 4.90 Å². The van der Waals surface area contributed by atoms with Gasteiger partial charge in [0.2, 0.25) is 10.0 Å². The zero-order valence-corrected chi connectivity index (χ0v) is 9.83. The highest BCUT2D eigenvalue weighted by molar-refractivity contribution is 7.89. The van der Waals surface area contributed by atoms with Crippen LogP contribution in [0.5, 0.6) is 0 Å². The van der Waals surface area contributed by atoms with Crippen LogP contribution in [0.1, 0.15) is 0 Å². The molecule has 1 aromatic carbocycles. The summed E-state index contributed by atoms with van der Waals surface area (Å²) in [7, 11) is -3.65. The lowest BCUT2D eigenvalue weighted by Gasteiger charge is -2.05. The third-order valence-electron chi connectivity index (χ3n) is 1.55. The van der Waals surface area contributed by atoms with Gasteiger partial charge in [-0.05, 0) is 18.2 Å². The molecule has 0 aliphatic rings. The molecule has 0 aliphatic heterocycles. The van der Waals surface area contributed by atoms with E-state index in [0.29, 0.717) is 5.02 Å². The van der Waals surface area contributed by atoms with Crippen LogP contribution in [0, 0.1) is 12.3 Å². The topological polar surface area (TPSA) is 46.2 Å². The zero-order valence-electron chi connectivity index (χ0n) is 7.50. The Hall–Kier alpha value is -0.730. The van der Waals surface area contributed by atoms with Gasteiger partial charge in [0.1, 0.15) is 4.90 Å². The molecule has 0 radical (unpaired) electrons. The highest BCUT2D eigenvalue weighted by Gasteiger charge is 2.16. The second-order valence-corrected chi connectivity index (χ2v) is 5.18. The summed E-state index contributed by atoms with van der Waals surface area (Å²) in [6.07, 6.45) is 4.94. The number of nitrogens with one attached hydrogen (secondary N) is 1. The maximum absolute atomic E-state index is 11.6. The largest absolute Gasteiger partial charge is 0.242 e. The third kappa shape index (κ3) is 3.11. The van der Waals surface area contributed by atoms with Gasteiger partial charge in [-0.3, -0.25) is 0 Å². The summed E-state index contributed by atoms with van der Waals surface area (Å²) in [6.45, 7) is -0.0821. The van der Waals surface area contributed by atoms with Gasteiger partial charge in [0.05, 0.1) is 11.6 Å². The van der Waals surface area contributed by atoms with E-state index in [1.807, 2.05) is 0 Å². The quantitative estimate of drug-likeness (QED) is 0.847. The molecule has 0 fully saturated rings. The summed E-state index contributed by atoms with van der Waals surface area (Å²) in [6, 6.07) is 4.12. The number of terminal acetylenes is 1. The molecular weight excluding hydrogens is 257 g/mol. The Bertz CT molecular complexity index is 505. The SMILES string of the molecule is C#CCNS(=O)(=O)c1ccc(Cl)cc1Cl. The number of hydrogen-bond acceptors (Lipinski definition) is 2. The van der Waals surface area contributed by atoms with Crippen LogP contribution in [0.2, 0.25) is 10.0 Å². The summed E-state index contributed by atoms with van der Waals surface area (Å²) < 4.78 is 25.4. The van der Waals surface area contributed by atoms with Crippen molar-refractivity contribution >= 4 is 33.2 Å². The van der Waals surface area contributed by atoms with Gasteiger partial charge in [-0.2, -0.15) is 4.72 Å². The molecule has 0 spiro atoms. The standard InChI is InChI=1S/C9H7Cl2NO2S/c1-2-5-12-15(13,14)9-4-3-7(10)6-8(9)11/h1,3-4,6,12H,5H2. The molecule has 1 N–H and O–H groups in total. The molecule has 0 heterocycles. The Kier molecular flexibility index (Phi) is 4.00. The summed E-state index contributed by atoms with van der Waals surface area (Å²) in [5, 5.41) is 0.433. The Labute approximate surface area is 98.4 Å². The molecule has 0 amide bonds. The average molecular weight is 264 g/mol. The predicted molar refractivity (Wildman–Crippen MR) is 60.5 cm³/mol. The van der Waals surface area contributed by atoms with Gasteiger partial charge < -0.3 is 0 Å². The van der Waals surface area contributed by atoms with Crippen molar-refractivity contribution in [2.24, 2.45) is 0 Å². The highest BCUT2D eigenvalue weighted by atomic mass is 35.5. The van der Waals surface area contributed by atoms with Crippen LogP contribution in [-0.2, 0) is 10.0 Å². The van der Waals surface area contributed by atoms with E-state index in [-0.39, 0.29) is 16.5 Å². The number of rotatable bonds is 3. The van der Waals surface area contributed by atoms with Gasteiger partial charge in [0.25, 0.3) is 0 Å². The summed E-state index contributed by atoms with van der Waals surface area (Å²) in [5.74, 6) is 2.16. The molecule has 1 aromatic rings. The Morgan fingerprint density at radius 3 is 2.60 bits per heavy atom. The molecule has 15 heavy (non-hydrogen) atoms. The summed E-state index contributed by atoms with van der Waals surface area (Å²) in [5.41, 5.74) is 0. The van der Waals surface area contributed by atoms with Gasteiger partial charge in [-0.1, -0.05) is 29.1 Å². The lowest BCUT2D eigenvalue weighted by atomic mass is 10.4. The van der Waals surface area contributed by atoms with Gasteiger partial charge in [0, 0.05) is 5.02 Å². The van der Waals surface area contributed by atoms with Gasteiger partial charge in [0.15, 0.2) is 0 Å². The minimum absolute atomic E-state index is 0.0381. The van der Waals surface area contributed by atoms with Crippen molar-refractivity contribution in [3.8, 4) is 12.3 Å². The normalized spacial score (nSPS) is 11.0.